The second-order valence-corrected chi connectivity index (χ2v) is 9.34. The Morgan fingerprint density at radius 2 is 1.76 bits per heavy atom. The van der Waals surface area contributed by atoms with E-state index in [4.69, 9.17) is 5.11 Å². The van der Waals surface area contributed by atoms with Gasteiger partial charge in [0.15, 0.2) is 0 Å². The van der Waals surface area contributed by atoms with Gasteiger partial charge in [0.25, 0.3) is 0 Å². The highest BCUT2D eigenvalue weighted by Gasteiger charge is 2.46. The molecule has 5 nitrogen and oxygen atoms in total. The van der Waals surface area contributed by atoms with Gasteiger partial charge >= 0.3 is 5.97 Å². The van der Waals surface area contributed by atoms with E-state index in [0.29, 0.717) is 18.5 Å². The fourth-order valence-corrected chi connectivity index (χ4v) is 4.87. The molecule has 2 aliphatic rings. The summed E-state index contributed by atoms with van der Waals surface area (Å²) in [5.74, 6) is -0.693. The van der Waals surface area contributed by atoms with E-state index in [9.17, 15) is 9.59 Å². The lowest BCUT2D eigenvalue weighted by Gasteiger charge is -2.50. The Labute approximate surface area is 173 Å². The molecule has 1 aliphatic heterocycles. The smallest absolute Gasteiger partial charge is 0.335 e. The number of hydrogen-bond acceptors (Lipinski definition) is 3. The molecule has 0 unspecified atom stereocenters. The molecule has 3 rings (SSSR count). The molecule has 0 aromatic heterocycles. The molecule has 29 heavy (non-hydrogen) atoms. The molecule has 1 N–H and O–H groups in total. The van der Waals surface area contributed by atoms with Crippen LogP contribution in [0.3, 0.4) is 0 Å². The SMILES string of the molecule is CN(C)CCC(=O)N1CC=C2C(C)(C)C(c3ccc(C(=O)O)cc3)=CC[C@]2(C)C1. The van der Waals surface area contributed by atoms with Gasteiger partial charge in [0.05, 0.1) is 5.56 Å². The minimum atomic E-state index is -0.907. The molecule has 1 aliphatic carbocycles. The number of carbonyl (C=O) groups is 2. The van der Waals surface area contributed by atoms with Crippen molar-refractivity contribution >= 4 is 17.4 Å². The van der Waals surface area contributed by atoms with Gasteiger partial charge in [0, 0.05) is 36.9 Å². The van der Waals surface area contributed by atoms with Crippen LogP contribution in [0.15, 0.2) is 42.0 Å². The van der Waals surface area contributed by atoms with E-state index in [1.54, 1.807) is 12.1 Å². The first kappa shape index (κ1) is 21.3. The Balaban J connectivity index is 1.85. The molecular formula is C24H32N2O3. The third kappa shape index (κ3) is 4.15. The molecule has 0 spiro atoms. The average molecular weight is 397 g/mol. The zero-order valence-electron chi connectivity index (χ0n) is 18.2. The second kappa shape index (κ2) is 7.79. The number of amides is 1. The van der Waals surface area contributed by atoms with Crippen molar-refractivity contribution < 1.29 is 14.7 Å². The van der Waals surface area contributed by atoms with Gasteiger partial charge in [-0.2, -0.15) is 0 Å². The van der Waals surface area contributed by atoms with Crippen molar-refractivity contribution in [1.82, 2.24) is 9.80 Å². The number of aromatic carboxylic acids is 1. The average Bonchev–Trinajstić information content (AvgIpc) is 2.65. The van der Waals surface area contributed by atoms with Gasteiger partial charge in [-0.05, 0) is 43.8 Å². The highest BCUT2D eigenvalue weighted by Crippen LogP contribution is 2.55. The topological polar surface area (TPSA) is 60.9 Å². The van der Waals surface area contributed by atoms with E-state index in [2.05, 4.69) is 32.9 Å². The van der Waals surface area contributed by atoms with Crippen molar-refractivity contribution in [3.63, 3.8) is 0 Å². The standard InChI is InChI=1S/C24H32N2O3/c1-23(2)19(17-6-8-18(9-7-17)22(28)29)10-13-24(3)16-26(15-11-20(23)24)21(27)12-14-25(4)5/h6-11H,12-16H2,1-5H3,(H,28,29)/t24-/m1/s1. The summed E-state index contributed by atoms with van der Waals surface area (Å²) in [5, 5.41) is 9.16. The summed E-state index contributed by atoms with van der Waals surface area (Å²) in [6.07, 6.45) is 5.94. The zero-order valence-corrected chi connectivity index (χ0v) is 18.2. The molecule has 0 saturated heterocycles. The summed E-state index contributed by atoms with van der Waals surface area (Å²) in [6, 6.07) is 7.14. The van der Waals surface area contributed by atoms with Crippen molar-refractivity contribution in [3.8, 4) is 0 Å². The fraction of sp³-hybridized carbons (Fsp3) is 0.500. The maximum Gasteiger partial charge on any atom is 0.335 e. The number of carboxylic acid groups (broad SMARTS) is 1. The Bertz CT molecular complexity index is 865. The quantitative estimate of drug-likeness (QED) is 0.766. The van der Waals surface area contributed by atoms with E-state index in [1.807, 2.05) is 36.0 Å². The normalized spacial score (nSPS) is 23.3. The number of hydrogen-bond donors (Lipinski definition) is 1. The molecule has 1 aromatic rings. The number of carbonyl (C=O) groups excluding carboxylic acids is 1. The van der Waals surface area contributed by atoms with E-state index < -0.39 is 5.97 Å². The maximum atomic E-state index is 12.7. The number of nitrogens with zero attached hydrogens (tertiary/aromatic N) is 2. The minimum absolute atomic E-state index is 0.0694. The van der Waals surface area contributed by atoms with Gasteiger partial charge in [0.2, 0.25) is 5.91 Å². The number of rotatable bonds is 5. The summed E-state index contributed by atoms with van der Waals surface area (Å²) in [5.41, 5.74) is 3.73. The van der Waals surface area contributed by atoms with Crippen molar-refractivity contribution in [1.29, 1.82) is 0 Å². The molecule has 156 valence electrons. The Kier molecular flexibility index (Phi) is 5.72. The summed E-state index contributed by atoms with van der Waals surface area (Å²) in [6.45, 7) is 8.90. The van der Waals surface area contributed by atoms with E-state index in [-0.39, 0.29) is 16.7 Å². The van der Waals surface area contributed by atoms with Gasteiger partial charge in [-0.15, -0.1) is 0 Å². The third-order valence-corrected chi connectivity index (χ3v) is 6.38. The van der Waals surface area contributed by atoms with Crippen LogP contribution in [-0.4, -0.2) is 60.5 Å². The molecule has 0 saturated carbocycles. The first-order valence-electron chi connectivity index (χ1n) is 10.2. The highest BCUT2D eigenvalue weighted by molar-refractivity contribution is 5.88. The van der Waals surface area contributed by atoms with Crippen LogP contribution >= 0.6 is 0 Å². The van der Waals surface area contributed by atoms with E-state index in [1.165, 1.54) is 11.1 Å². The number of allylic oxidation sites excluding steroid dienone is 2. The third-order valence-electron chi connectivity index (χ3n) is 6.38. The van der Waals surface area contributed by atoms with Gasteiger partial charge in [-0.25, -0.2) is 4.79 Å². The molecule has 1 atom stereocenters. The molecule has 0 radical (unpaired) electrons. The van der Waals surface area contributed by atoms with Gasteiger partial charge in [-0.1, -0.05) is 50.6 Å². The summed E-state index contributed by atoms with van der Waals surface area (Å²) in [4.78, 5) is 27.8. The summed E-state index contributed by atoms with van der Waals surface area (Å²) < 4.78 is 0. The molecule has 0 bridgehead atoms. The van der Waals surface area contributed by atoms with Crippen LogP contribution in [0.2, 0.25) is 0 Å². The zero-order chi connectivity index (χ0) is 21.4. The summed E-state index contributed by atoms with van der Waals surface area (Å²) in [7, 11) is 3.98. The van der Waals surface area contributed by atoms with Crippen LogP contribution in [-0.2, 0) is 4.79 Å². The summed E-state index contributed by atoms with van der Waals surface area (Å²) >= 11 is 0. The highest BCUT2D eigenvalue weighted by atomic mass is 16.4. The second-order valence-electron chi connectivity index (χ2n) is 9.34. The predicted octanol–water partition coefficient (Wildman–Crippen LogP) is 3.92. The maximum absolute atomic E-state index is 12.7. The number of carboxylic acids is 1. The fourth-order valence-electron chi connectivity index (χ4n) is 4.87. The van der Waals surface area contributed by atoms with Crippen LogP contribution in [0.4, 0.5) is 0 Å². The lowest BCUT2D eigenvalue weighted by molar-refractivity contribution is -0.132. The van der Waals surface area contributed by atoms with Crippen molar-refractivity contribution in [2.45, 2.75) is 33.6 Å². The first-order chi connectivity index (χ1) is 13.5. The van der Waals surface area contributed by atoms with E-state index >= 15 is 0 Å². The van der Waals surface area contributed by atoms with Crippen molar-refractivity contribution in [3.05, 3.63) is 53.1 Å². The van der Waals surface area contributed by atoms with Crippen LogP contribution in [0.1, 0.15) is 49.5 Å². The molecule has 1 amide bonds. The Hall–Kier alpha value is -2.40. The largest absolute Gasteiger partial charge is 0.478 e. The monoisotopic (exact) mass is 396 g/mol. The number of fused-ring (bicyclic) bond motifs is 1. The van der Waals surface area contributed by atoms with Gasteiger partial charge in [-0.3, -0.25) is 4.79 Å². The molecular weight excluding hydrogens is 364 g/mol. The predicted molar refractivity (Wildman–Crippen MR) is 116 cm³/mol. The van der Waals surface area contributed by atoms with Crippen LogP contribution in [0.25, 0.3) is 5.57 Å². The lowest BCUT2D eigenvalue weighted by Crippen LogP contribution is -2.49. The van der Waals surface area contributed by atoms with Gasteiger partial charge in [0.1, 0.15) is 0 Å². The molecule has 0 fully saturated rings. The van der Waals surface area contributed by atoms with Crippen LogP contribution in [0.5, 0.6) is 0 Å². The Morgan fingerprint density at radius 1 is 1.10 bits per heavy atom. The van der Waals surface area contributed by atoms with Crippen molar-refractivity contribution in [2.24, 2.45) is 10.8 Å². The van der Waals surface area contributed by atoms with Crippen LogP contribution < -0.4 is 0 Å². The van der Waals surface area contributed by atoms with Gasteiger partial charge < -0.3 is 14.9 Å². The van der Waals surface area contributed by atoms with E-state index in [0.717, 1.165) is 25.1 Å². The molecule has 1 aromatic carbocycles. The van der Waals surface area contributed by atoms with Crippen LogP contribution in [0, 0.1) is 10.8 Å². The Morgan fingerprint density at radius 3 is 2.34 bits per heavy atom. The minimum Gasteiger partial charge on any atom is -0.478 e. The van der Waals surface area contributed by atoms with Crippen molar-refractivity contribution in [2.75, 3.05) is 33.7 Å². The first-order valence-corrected chi connectivity index (χ1v) is 10.2. The number of benzene rings is 1. The molecule has 5 heteroatoms. The lowest BCUT2D eigenvalue weighted by atomic mass is 9.58. The molecule has 1 heterocycles.